The highest BCUT2D eigenvalue weighted by molar-refractivity contribution is 5.59. The molecule has 3 N–H and O–H groups in total. The van der Waals surface area contributed by atoms with Crippen LogP contribution in [0.1, 0.15) is 18.4 Å². The maximum Gasteiger partial charge on any atom is 0.0392 e. The minimum absolute atomic E-state index is 0.594. The number of nitrogens with one attached hydrogen (secondary N) is 1. The van der Waals surface area contributed by atoms with Gasteiger partial charge in [0.1, 0.15) is 0 Å². The third-order valence-electron chi connectivity index (χ3n) is 3.34. The molecule has 0 aromatic heterocycles. The second kappa shape index (κ2) is 4.74. The van der Waals surface area contributed by atoms with Gasteiger partial charge in [0.2, 0.25) is 0 Å². The third-order valence-corrected chi connectivity index (χ3v) is 3.34. The van der Waals surface area contributed by atoms with Crippen LogP contribution in [-0.2, 0) is 0 Å². The molecule has 88 valence electrons. The minimum Gasteiger partial charge on any atom is -0.399 e. The lowest BCUT2D eigenvalue weighted by Gasteiger charge is -2.30. The number of nitrogen functional groups attached to an aromatic ring is 1. The highest BCUT2D eigenvalue weighted by Gasteiger charge is 2.16. The molecular formula is C13H21N3. The van der Waals surface area contributed by atoms with Crippen molar-refractivity contribution in [2.24, 2.45) is 0 Å². The average Bonchev–Trinajstić information content (AvgIpc) is 2.27. The summed E-state index contributed by atoms with van der Waals surface area (Å²) in [7, 11) is 2.18. The Hall–Kier alpha value is -1.22. The van der Waals surface area contributed by atoms with Crippen LogP contribution < -0.4 is 11.1 Å². The lowest BCUT2D eigenvalue weighted by Crippen LogP contribution is -2.36. The number of piperidine rings is 1. The van der Waals surface area contributed by atoms with Gasteiger partial charge in [0, 0.05) is 17.4 Å². The van der Waals surface area contributed by atoms with Crippen molar-refractivity contribution in [1.29, 1.82) is 0 Å². The maximum absolute atomic E-state index is 5.81. The van der Waals surface area contributed by atoms with Crippen molar-refractivity contribution in [3.05, 3.63) is 23.8 Å². The SMILES string of the molecule is Cc1ccc(N)cc1NC1CCN(C)CC1. The molecule has 16 heavy (non-hydrogen) atoms. The summed E-state index contributed by atoms with van der Waals surface area (Å²) in [5.41, 5.74) is 9.10. The van der Waals surface area contributed by atoms with E-state index in [9.17, 15) is 0 Å². The van der Waals surface area contributed by atoms with Gasteiger partial charge in [-0.05, 0) is 57.6 Å². The second-order valence-electron chi connectivity index (χ2n) is 4.80. The second-order valence-corrected chi connectivity index (χ2v) is 4.80. The van der Waals surface area contributed by atoms with Crippen molar-refractivity contribution in [2.75, 3.05) is 31.2 Å². The van der Waals surface area contributed by atoms with E-state index in [-0.39, 0.29) is 0 Å². The molecule has 1 saturated heterocycles. The molecule has 3 heteroatoms. The van der Waals surface area contributed by atoms with E-state index in [2.05, 4.69) is 30.3 Å². The van der Waals surface area contributed by atoms with E-state index in [1.54, 1.807) is 0 Å². The first kappa shape index (κ1) is 11.3. The van der Waals surface area contributed by atoms with E-state index in [1.165, 1.54) is 37.2 Å². The standard InChI is InChI=1S/C13H21N3/c1-10-3-4-11(14)9-13(10)15-12-5-7-16(2)8-6-12/h3-4,9,12,15H,5-8,14H2,1-2H3. The van der Waals surface area contributed by atoms with E-state index in [1.807, 2.05) is 12.1 Å². The van der Waals surface area contributed by atoms with E-state index in [0.717, 1.165) is 5.69 Å². The van der Waals surface area contributed by atoms with Gasteiger partial charge in [-0.2, -0.15) is 0 Å². The van der Waals surface area contributed by atoms with Crippen LogP contribution in [-0.4, -0.2) is 31.1 Å². The van der Waals surface area contributed by atoms with Crippen molar-refractivity contribution in [2.45, 2.75) is 25.8 Å². The highest BCUT2D eigenvalue weighted by atomic mass is 15.1. The van der Waals surface area contributed by atoms with Crippen LogP contribution in [0.4, 0.5) is 11.4 Å². The number of anilines is 2. The Bertz CT molecular complexity index is 354. The molecule has 1 aliphatic rings. The number of nitrogens with zero attached hydrogens (tertiary/aromatic N) is 1. The smallest absolute Gasteiger partial charge is 0.0392 e. The Kier molecular flexibility index (Phi) is 3.34. The lowest BCUT2D eigenvalue weighted by atomic mass is 10.0. The summed E-state index contributed by atoms with van der Waals surface area (Å²) in [5, 5.41) is 3.60. The molecule has 0 radical (unpaired) electrons. The number of benzene rings is 1. The van der Waals surface area contributed by atoms with Gasteiger partial charge in [0.15, 0.2) is 0 Å². The molecule has 1 aromatic rings. The molecule has 0 spiro atoms. The molecular weight excluding hydrogens is 198 g/mol. The predicted octanol–water partition coefficient (Wildman–Crippen LogP) is 2.08. The summed E-state index contributed by atoms with van der Waals surface area (Å²) in [6.45, 7) is 4.48. The zero-order valence-electron chi connectivity index (χ0n) is 10.2. The van der Waals surface area contributed by atoms with Crippen LogP contribution in [0.2, 0.25) is 0 Å². The molecule has 0 amide bonds. The topological polar surface area (TPSA) is 41.3 Å². The highest BCUT2D eigenvalue weighted by Crippen LogP contribution is 2.21. The number of nitrogens with two attached hydrogens (primary N) is 1. The van der Waals surface area contributed by atoms with Crippen molar-refractivity contribution in [1.82, 2.24) is 4.90 Å². The van der Waals surface area contributed by atoms with Crippen molar-refractivity contribution in [3.8, 4) is 0 Å². The normalized spacial score (nSPS) is 18.6. The summed E-state index contributed by atoms with van der Waals surface area (Å²) in [6.07, 6.45) is 2.43. The van der Waals surface area contributed by atoms with Gasteiger partial charge < -0.3 is 16.0 Å². The summed E-state index contributed by atoms with van der Waals surface area (Å²) < 4.78 is 0. The number of hydrogen-bond donors (Lipinski definition) is 2. The van der Waals surface area contributed by atoms with Crippen LogP contribution >= 0.6 is 0 Å². The molecule has 0 aliphatic carbocycles. The van der Waals surface area contributed by atoms with Crippen LogP contribution in [0.5, 0.6) is 0 Å². The lowest BCUT2D eigenvalue weighted by molar-refractivity contribution is 0.264. The molecule has 0 unspecified atom stereocenters. The van der Waals surface area contributed by atoms with Crippen molar-refractivity contribution in [3.63, 3.8) is 0 Å². The van der Waals surface area contributed by atoms with Gasteiger partial charge in [0.25, 0.3) is 0 Å². The van der Waals surface area contributed by atoms with E-state index >= 15 is 0 Å². The molecule has 3 nitrogen and oxygen atoms in total. The molecule has 0 bridgehead atoms. The van der Waals surface area contributed by atoms with Gasteiger partial charge in [0.05, 0.1) is 0 Å². The largest absolute Gasteiger partial charge is 0.399 e. The van der Waals surface area contributed by atoms with E-state index < -0.39 is 0 Å². The molecule has 1 fully saturated rings. The third kappa shape index (κ3) is 2.67. The first-order chi connectivity index (χ1) is 7.65. The molecule has 0 saturated carbocycles. The summed E-state index contributed by atoms with van der Waals surface area (Å²) in [6, 6.07) is 6.66. The molecule has 1 aliphatic heterocycles. The number of aryl methyl sites for hydroxylation is 1. The van der Waals surface area contributed by atoms with Gasteiger partial charge >= 0.3 is 0 Å². The van der Waals surface area contributed by atoms with Crippen molar-refractivity contribution < 1.29 is 0 Å². The van der Waals surface area contributed by atoms with E-state index in [4.69, 9.17) is 5.73 Å². The van der Waals surface area contributed by atoms with Gasteiger partial charge in [-0.1, -0.05) is 6.07 Å². The zero-order valence-corrected chi connectivity index (χ0v) is 10.2. The monoisotopic (exact) mass is 219 g/mol. The Morgan fingerprint density at radius 3 is 2.69 bits per heavy atom. The summed E-state index contributed by atoms with van der Waals surface area (Å²) >= 11 is 0. The molecule has 1 heterocycles. The Morgan fingerprint density at radius 1 is 1.31 bits per heavy atom. The van der Waals surface area contributed by atoms with Gasteiger partial charge in [-0.15, -0.1) is 0 Å². The van der Waals surface area contributed by atoms with Crippen molar-refractivity contribution >= 4 is 11.4 Å². The van der Waals surface area contributed by atoms with Gasteiger partial charge in [-0.25, -0.2) is 0 Å². The number of hydrogen-bond acceptors (Lipinski definition) is 3. The molecule has 0 atom stereocenters. The molecule has 2 rings (SSSR count). The quantitative estimate of drug-likeness (QED) is 0.748. The summed E-state index contributed by atoms with van der Waals surface area (Å²) in [5.74, 6) is 0. The minimum atomic E-state index is 0.594. The maximum atomic E-state index is 5.81. The average molecular weight is 219 g/mol. The molecule has 1 aromatic carbocycles. The van der Waals surface area contributed by atoms with Crippen LogP contribution in [0, 0.1) is 6.92 Å². The number of likely N-dealkylation sites (tertiary alicyclic amines) is 1. The predicted molar refractivity (Wildman–Crippen MR) is 69.7 cm³/mol. The first-order valence-corrected chi connectivity index (χ1v) is 5.96. The fourth-order valence-electron chi connectivity index (χ4n) is 2.17. The summed E-state index contributed by atoms with van der Waals surface area (Å²) in [4.78, 5) is 2.38. The Balaban J connectivity index is 2.00. The first-order valence-electron chi connectivity index (χ1n) is 5.96. The Labute approximate surface area is 97.6 Å². The fraction of sp³-hybridized carbons (Fsp3) is 0.538. The number of rotatable bonds is 2. The zero-order chi connectivity index (χ0) is 11.5. The van der Waals surface area contributed by atoms with Crippen LogP contribution in [0.25, 0.3) is 0 Å². The Morgan fingerprint density at radius 2 is 2.00 bits per heavy atom. The van der Waals surface area contributed by atoms with Crippen LogP contribution in [0.15, 0.2) is 18.2 Å². The van der Waals surface area contributed by atoms with Gasteiger partial charge in [-0.3, -0.25) is 0 Å². The van der Waals surface area contributed by atoms with Crippen LogP contribution in [0.3, 0.4) is 0 Å². The van der Waals surface area contributed by atoms with E-state index in [0.29, 0.717) is 6.04 Å². The fourth-order valence-corrected chi connectivity index (χ4v) is 2.17.